The molecule has 0 aliphatic carbocycles. The molecule has 118 valence electrons. The van der Waals surface area contributed by atoms with E-state index in [1.54, 1.807) is 4.68 Å². The van der Waals surface area contributed by atoms with Crippen LogP contribution in [0.1, 0.15) is 41.5 Å². The van der Waals surface area contributed by atoms with E-state index in [4.69, 9.17) is 9.84 Å². The minimum Gasteiger partial charge on any atom is -0.494 e. The summed E-state index contributed by atoms with van der Waals surface area (Å²) in [4.78, 5) is 11.1. The predicted octanol–water partition coefficient (Wildman–Crippen LogP) is 2.71. The summed E-state index contributed by atoms with van der Waals surface area (Å²) in [5, 5.41) is 16.8. The molecule has 0 amide bonds. The van der Waals surface area contributed by atoms with Crippen molar-refractivity contribution in [2.45, 2.75) is 39.7 Å². The van der Waals surface area contributed by atoms with Crippen LogP contribution in [0.5, 0.6) is 5.75 Å². The molecule has 1 aromatic carbocycles. The third-order valence-corrected chi connectivity index (χ3v) is 3.30. The Morgan fingerprint density at radius 2 is 2.23 bits per heavy atom. The molecule has 6 heteroatoms. The van der Waals surface area contributed by atoms with Crippen LogP contribution < -0.4 is 4.74 Å². The number of aryl methyl sites for hydroxylation is 2. The van der Waals surface area contributed by atoms with Gasteiger partial charge >= 0.3 is 5.97 Å². The van der Waals surface area contributed by atoms with Crippen LogP contribution in [0.25, 0.3) is 0 Å². The first kappa shape index (κ1) is 16.0. The molecule has 2 aromatic rings. The van der Waals surface area contributed by atoms with E-state index >= 15 is 0 Å². The largest absolute Gasteiger partial charge is 0.494 e. The van der Waals surface area contributed by atoms with Gasteiger partial charge in [-0.25, -0.2) is 9.48 Å². The predicted molar refractivity (Wildman–Crippen MR) is 82.3 cm³/mol. The van der Waals surface area contributed by atoms with Crippen LogP contribution in [0.3, 0.4) is 0 Å². The highest BCUT2D eigenvalue weighted by Gasteiger charge is 2.17. The van der Waals surface area contributed by atoms with Crippen LogP contribution >= 0.6 is 0 Å². The summed E-state index contributed by atoms with van der Waals surface area (Å²) < 4.78 is 7.36. The summed E-state index contributed by atoms with van der Waals surface area (Å²) in [5.41, 5.74) is 1.90. The number of benzene rings is 1. The first-order chi connectivity index (χ1) is 10.6. The van der Waals surface area contributed by atoms with Gasteiger partial charge in [0.15, 0.2) is 5.69 Å². The number of carboxylic acids is 1. The van der Waals surface area contributed by atoms with Crippen molar-refractivity contribution in [3.63, 3.8) is 0 Å². The number of ether oxygens (including phenoxy) is 1. The summed E-state index contributed by atoms with van der Waals surface area (Å²) in [5.74, 6) is -0.177. The van der Waals surface area contributed by atoms with Crippen LogP contribution in [-0.4, -0.2) is 32.7 Å². The third-order valence-electron chi connectivity index (χ3n) is 3.30. The lowest BCUT2D eigenvalue weighted by Gasteiger charge is -2.08. The zero-order chi connectivity index (χ0) is 15.9. The Hall–Kier alpha value is -2.37. The Balaban J connectivity index is 1.90. The van der Waals surface area contributed by atoms with Crippen molar-refractivity contribution < 1.29 is 14.6 Å². The van der Waals surface area contributed by atoms with Gasteiger partial charge in [0.25, 0.3) is 0 Å². The van der Waals surface area contributed by atoms with Crippen LogP contribution in [0, 0.1) is 6.92 Å². The Morgan fingerprint density at radius 3 is 2.91 bits per heavy atom. The highest BCUT2D eigenvalue weighted by atomic mass is 16.5. The van der Waals surface area contributed by atoms with Gasteiger partial charge in [-0.1, -0.05) is 30.7 Å². The van der Waals surface area contributed by atoms with Crippen LogP contribution in [-0.2, 0) is 13.0 Å². The second kappa shape index (κ2) is 7.59. The second-order valence-electron chi connectivity index (χ2n) is 5.18. The maximum atomic E-state index is 11.1. The quantitative estimate of drug-likeness (QED) is 0.759. The third kappa shape index (κ3) is 4.07. The number of hydrogen-bond acceptors (Lipinski definition) is 4. The van der Waals surface area contributed by atoms with E-state index in [1.165, 1.54) is 0 Å². The molecule has 0 aliphatic rings. The summed E-state index contributed by atoms with van der Waals surface area (Å²) >= 11 is 0. The fraction of sp³-hybridized carbons (Fsp3) is 0.438. The average Bonchev–Trinajstić information content (AvgIpc) is 2.87. The number of carbonyl (C=O) groups is 1. The van der Waals surface area contributed by atoms with E-state index in [0.717, 1.165) is 24.2 Å². The van der Waals surface area contributed by atoms with Crippen molar-refractivity contribution in [3.8, 4) is 5.75 Å². The Bertz CT molecular complexity index is 637. The molecule has 0 fully saturated rings. The summed E-state index contributed by atoms with van der Waals surface area (Å²) in [6, 6.07) is 7.89. The van der Waals surface area contributed by atoms with Crippen molar-refractivity contribution in [1.82, 2.24) is 15.0 Å². The minimum absolute atomic E-state index is 0.0569. The van der Waals surface area contributed by atoms with Gasteiger partial charge < -0.3 is 9.84 Å². The van der Waals surface area contributed by atoms with Crippen LogP contribution in [0.2, 0.25) is 0 Å². The van der Waals surface area contributed by atoms with E-state index < -0.39 is 5.97 Å². The molecule has 0 aliphatic heterocycles. The topological polar surface area (TPSA) is 77.2 Å². The standard InChI is InChI=1S/C16H21N3O3/c1-3-6-14-15(16(20)21)17-18-19(14)9-5-10-22-13-8-4-7-12(2)11-13/h4,7-8,11H,3,5-6,9-10H2,1-2H3,(H,20,21). The molecule has 2 rings (SSSR count). The van der Waals surface area contributed by atoms with E-state index in [2.05, 4.69) is 10.3 Å². The lowest BCUT2D eigenvalue weighted by atomic mass is 10.2. The summed E-state index contributed by atoms with van der Waals surface area (Å²) in [7, 11) is 0. The van der Waals surface area contributed by atoms with Gasteiger partial charge in [-0.2, -0.15) is 0 Å². The van der Waals surface area contributed by atoms with Gasteiger partial charge in [0, 0.05) is 13.0 Å². The van der Waals surface area contributed by atoms with Gasteiger partial charge in [-0.05, 0) is 31.0 Å². The molecule has 0 spiro atoms. The molecule has 0 atom stereocenters. The molecular weight excluding hydrogens is 282 g/mol. The molecule has 0 bridgehead atoms. The Kier molecular flexibility index (Phi) is 5.52. The lowest BCUT2D eigenvalue weighted by molar-refractivity contribution is 0.0689. The molecule has 0 radical (unpaired) electrons. The van der Waals surface area contributed by atoms with E-state index in [1.807, 2.05) is 38.1 Å². The first-order valence-electron chi connectivity index (χ1n) is 7.47. The normalized spacial score (nSPS) is 10.6. The smallest absolute Gasteiger partial charge is 0.358 e. The van der Waals surface area contributed by atoms with Crippen molar-refractivity contribution in [2.75, 3.05) is 6.61 Å². The second-order valence-corrected chi connectivity index (χ2v) is 5.18. The molecule has 0 saturated heterocycles. The summed E-state index contributed by atoms with van der Waals surface area (Å²) in [6.07, 6.45) is 2.26. The zero-order valence-electron chi connectivity index (χ0n) is 13.0. The average molecular weight is 303 g/mol. The monoisotopic (exact) mass is 303 g/mol. The highest BCUT2D eigenvalue weighted by Crippen LogP contribution is 2.13. The van der Waals surface area contributed by atoms with E-state index in [-0.39, 0.29) is 5.69 Å². The lowest BCUT2D eigenvalue weighted by Crippen LogP contribution is -2.11. The van der Waals surface area contributed by atoms with Gasteiger partial charge in [0.2, 0.25) is 0 Å². The number of rotatable bonds is 8. The van der Waals surface area contributed by atoms with Crippen LogP contribution in [0.4, 0.5) is 0 Å². The Labute approximate surface area is 129 Å². The van der Waals surface area contributed by atoms with Crippen molar-refractivity contribution in [3.05, 3.63) is 41.2 Å². The molecule has 0 unspecified atom stereocenters. The van der Waals surface area contributed by atoms with Crippen molar-refractivity contribution in [2.24, 2.45) is 0 Å². The summed E-state index contributed by atoms with van der Waals surface area (Å²) in [6.45, 7) is 5.18. The number of carboxylic acid groups (broad SMARTS) is 1. The first-order valence-corrected chi connectivity index (χ1v) is 7.47. The van der Waals surface area contributed by atoms with E-state index in [9.17, 15) is 4.79 Å². The Morgan fingerprint density at radius 1 is 1.41 bits per heavy atom. The van der Waals surface area contributed by atoms with Gasteiger partial charge in [-0.15, -0.1) is 5.10 Å². The molecule has 0 saturated carbocycles. The number of hydrogen-bond donors (Lipinski definition) is 1. The minimum atomic E-state index is -1.02. The maximum Gasteiger partial charge on any atom is 0.358 e. The fourth-order valence-electron chi connectivity index (χ4n) is 2.27. The zero-order valence-corrected chi connectivity index (χ0v) is 13.0. The molecule has 6 nitrogen and oxygen atoms in total. The maximum absolute atomic E-state index is 11.1. The SMILES string of the molecule is CCCc1c(C(=O)O)nnn1CCCOc1cccc(C)c1. The molecule has 22 heavy (non-hydrogen) atoms. The number of nitrogens with zero attached hydrogens (tertiary/aromatic N) is 3. The van der Waals surface area contributed by atoms with Gasteiger partial charge in [0.05, 0.1) is 12.3 Å². The number of aromatic carboxylic acids is 1. The highest BCUT2D eigenvalue weighted by molar-refractivity contribution is 5.86. The van der Waals surface area contributed by atoms with Crippen molar-refractivity contribution >= 4 is 5.97 Å². The van der Waals surface area contributed by atoms with Crippen molar-refractivity contribution in [1.29, 1.82) is 0 Å². The molecule has 1 N–H and O–H groups in total. The van der Waals surface area contributed by atoms with Gasteiger partial charge in [0.1, 0.15) is 5.75 Å². The fourth-order valence-corrected chi connectivity index (χ4v) is 2.27. The van der Waals surface area contributed by atoms with Gasteiger partial charge in [-0.3, -0.25) is 0 Å². The number of aromatic nitrogens is 3. The van der Waals surface area contributed by atoms with Crippen LogP contribution in [0.15, 0.2) is 24.3 Å². The molecule has 1 aromatic heterocycles. The molecular formula is C16H21N3O3. The molecule has 1 heterocycles. The van der Waals surface area contributed by atoms with E-state index in [0.29, 0.717) is 25.3 Å².